The Kier molecular flexibility index (Phi) is 4.98. The van der Waals surface area contributed by atoms with Gasteiger partial charge in [0.05, 0.1) is 0 Å². The summed E-state index contributed by atoms with van der Waals surface area (Å²) >= 11 is 0. The molecule has 1 saturated carbocycles. The number of rotatable bonds is 5. The lowest BCUT2D eigenvalue weighted by atomic mass is 10.2. The van der Waals surface area contributed by atoms with Gasteiger partial charge in [0.25, 0.3) is 0 Å². The molecule has 1 aromatic carbocycles. The smallest absolute Gasteiger partial charge is 0.321 e. The molecule has 1 aromatic rings. The van der Waals surface area contributed by atoms with Gasteiger partial charge in [-0.15, -0.1) is 0 Å². The Hall–Kier alpha value is -2.57. The van der Waals surface area contributed by atoms with Crippen LogP contribution in [-0.2, 0) is 9.59 Å². The van der Waals surface area contributed by atoms with Crippen LogP contribution in [0.3, 0.4) is 0 Å². The molecule has 4 N–H and O–H groups in total. The summed E-state index contributed by atoms with van der Waals surface area (Å²) in [4.78, 5) is 34.3. The second-order valence-electron chi connectivity index (χ2n) is 5.36. The Morgan fingerprint density at radius 3 is 2.23 bits per heavy atom. The van der Waals surface area contributed by atoms with E-state index in [1.54, 1.807) is 31.2 Å². The third-order valence-electron chi connectivity index (χ3n) is 3.13. The van der Waals surface area contributed by atoms with Crippen molar-refractivity contribution in [3.63, 3.8) is 0 Å². The van der Waals surface area contributed by atoms with Crippen LogP contribution in [-0.4, -0.2) is 29.9 Å². The van der Waals surface area contributed by atoms with Crippen molar-refractivity contribution in [2.75, 3.05) is 10.6 Å². The van der Waals surface area contributed by atoms with E-state index in [0.29, 0.717) is 5.69 Å². The van der Waals surface area contributed by atoms with E-state index in [1.165, 1.54) is 6.92 Å². The van der Waals surface area contributed by atoms with Gasteiger partial charge in [-0.05, 0) is 44.0 Å². The molecule has 0 aromatic heterocycles. The highest BCUT2D eigenvalue weighted by molar-refractivity contribution is 5.98. The fraction of sp³-hybridized carbons (Fsp3) is 0.400. The first-order valence-electron chi connectivity index (χ1n) is 7.19. The maximum absolute atomic E-state index is 11.9. The Morgan fingerprint density at radius 1 is 1.09 bits per heavy atom. The third-order valence-corrected chi connectivity index (χ3v) is 3.13. The molecule has 1 aliphatic carbocycles. The largest absolute Gasteiger partial charge is 0.374 e. The predicted molar refractivity (Wildman–Crippen MR) is 83.5 cm³/mol. The zero-order valence-electron chi connectivity index (χ0n) is 12.6. The Bertz CT molecular complexity index is 567. The predicted octanol–water partition coefficient (Wildman–Crippen LogP) is 1.43. The first-order chi connectivity index (χ1) is 10.4. The number of anilines is 2. The third kappa shape index (κ3) is 5.08. The molecule has 4 amide bonds. The molecular weight excluding hydrogens is 284 g/mol. The summed E-state index contributed by atoms with van der Waals surface area (Å²) in [6, 6.07) is 6.15. The van der Waals surface area contributed by atoms with Gasteiger partial charge < -0.3 is 16.0 Å². The highest BCUT2D eigenvalue weighted by atomic mass is 16.2. The number of nitrogens with one attached hydrogen (secondary N) is 4. The van der Waals surface area contributed by atoms with Gasteiger partial charge >= 0.3 is 6.03 Å². The lowest BCUT2D eigenvalue weighted by molar-refractivity contribution is -0.120. The van der Waals surface area contributed by atoms with E-state index in [1.807, 2.05) is 0 Å². The fourth-order valence-electron chi connectivity index (χ4n) is 1.84. The second kappa shape index (κ2) is 6.93. The molecule has 0 saturated heterocycles. The first kappa shape index (κ1) is 15.8. The number of carbonyl (C=O) groups is 3. The fourth-order valence-corrected chi connectivity index (χ4v) is 1.84. The highest BCUT2D eigenvalue weighted by Gasteiger charge is 2.24. The summed E-state index contributed by atoms with van der Waals surface area (Å²) in [6.07, 6.45) is 1.94. The quantitative estimate of drug-likeness (QED) is 0.661. The summed E-state index contributed by atoms with van der Waals surface area (Å²) in [5, 5.41) is 10.6. The molecular formula is C15H20N4O3. The average Bonchev–Trinajstić information content (AvgIpc) is 3.24. The zero-order valence-corrected chi connectivity index (χ0v) is 12.6. The Morgan fingerprint density at radius 2 is 1.68 bits per heavy atom. The minimum absolute atomic E-state index is 0.143. The standard InChI is InChI=1S/C15H20N4O3/c1-9(14(21)19-15(22)18-13-7-8-13)16-11-3-5-12(6-4-11)17-10(2)20/h3-6,9,13,16H,7-8H2,1-2H3,(H,17,20)(H2,18,19,21,22). The van der Waals surface area contributed by atoms with Crippen molar-refractivity contribution in [3.8, 4) is 0 Å². The lowest BCUT2D eigenvalue weighted by Gasteiger charge is -2.15. The van der Waals surface area contributed by atoms with Crippen LogP contribution in [0, 0.1) is 0 Å². The molecule has 1 atom stereocenters. The van der Waals surface area contributed by atoms with Gasteiger partial charge in [0.1, 0.15) is 6.04 Å². The van der Waals surface area contributed by atoms with Crippen molar-refractivity contribution < 1.29 is 14.4 Å². The number of hydrogen-bond donors (Lipinski definition) is 4. The minimum atomic E-state index is -0.559. The second-order valence-corrected chi connectivity index (χ2v) is 5.36. The van der Waals surface area contributed by atoms with Crippen LogP contribution in [0.15, 0.2) is 24.3 Å². The highest BCUT2D eigenvalue weighted by Crippen LogP contribution is 2.18. The van der Waals surface area contributed by atoms with E-state index in [-0.39, 0.29) is 11.9 Å². The van der Waals surface area contributed by atoms with Gasteiger partial charge in [-0.2, -0.15) is 0 Å². The molecule has 0 radical (unpaired) electrons. The summed E-state index contributed by atoms with van der Waals surface area (Å²) in [5.74, 6) is -0.542. The molecule has 1 aliphatic rings. The van der Waals surface area contributed by atoms with Gasteiger partial charge in [0.15, 0.2) is 0 Å². The maximum Gasteiger partial charge on any atom is 0.321 e. The van der Waals surface area contributed by atoms with Crippen molar-refractivity contribution in [3.05, 3.63) is 24.3 Å². The SMILES string of the molecule is CC(=O)Nc1ccc(NC(C)C(=O)NC(=O)NC2CC2)cc1. The number of imide groups is 1. The summed E-state index contributed by atoms with van der Waals surface area (Å²) < 4.78 is 0. The van der Waals surface area contributed by atoms with E-state index in [9.17, 15) is 14.4 Å². The van der Waals surface area contributed by atoms with Gasteiger partial charge in [0, 0.05) is 24.3 Å². The van der Waals surface area contributed by atoms with Crippen molar-refractivity contribution >= 4 is 29.2 Å². The van der Waals surface area contributed by atoms with E-state index in [2.05, 4.69) is 21.3 Å². The molecule has 1 fully saturated rings. The molecule has 7 heteroatoms. The topological polar surface area (TPSA) is 99.3 Å². The number of hydrogen-bond acceptors (Lipinski definition) is 4. The van der Waals surface area contributed by atoms with Crippen LogP contribution in [0.5, 0.6) is 0 Å². The molecule has 22 heavy (non-hydrogen) atoms. The molecule has 0 bridgehead atoms. The minimum Gasteiger partial charge on any atom is -0.374 e. The van der Waals surface area contributed by atoms with Crippen molar-refractivity contribution in [2.45, 2.75) is 38.8 Å². The molecule has 118 valence electrons. The van der Waals surface area contributed by atoms with Gasteiger partial charge in [-0.1, -0.05) is 0 Å². The zero-order chi connectivity index (χ0) is 16.1. The summed E-state index contributed by atoms with van der Waals surface area (Å²) in [5.41, 5.74) is 1.40. The molecule has 0 aliphatic heterocycles. The first-order valence-corrected chi connectivity index (χ1v) is 7.19. The van der Waals surface area contributed by atoms with E-state index < -0.39 is 18.0 Å². The van der Waals surface area contributed by atoms with Crippen LogP contribution in [0.25, 0.3) is 0 Å². The van der Waals surface area contributed by atoms with Gasteiger partial charge in [-0.25, -0.2) is 4.79 Å². The van der Waals surface area contributed by atoms with E-state index >= 15 is 0 Å². The van der Waals surface area contributed by atoms with Crippen LogP contribution in [0.4, 0.5) is 16.2 Å². The molecule has 0 heterocycles. The molecule has 2 rings (SSSR count). The number of carbonyl (C=O) groups excluding carboxylic acids is 3. The summed E-state index contributed by atoms with van der Waals surface area (Å²) in [6.45, 7) is 3.10. The average molecular weight is 304 g/mol. The van der Waals surface area contributed by atoms with Crippen LogP contribution < -0.4 is 21.3 Å². The Balaban J connectivity index is 1.81. The normalized spacial score (nSPS) is 14.6. The van der Waals surface area contributed by atoms with Crippen molar-refractivity contribution in [1.29, 1.82) is 0 Å². The van der Waals surface area contributed by atoms with Crippen molar-refractivity contribution in [2.24, 2.45) is 0 Å². The summed E-state index contributed by atoms with van der Waals surface area (Å²) in [7, 11) is 0. The van der Waals surface area contributed by atoms with Gasteiger partial charge in [-0.3, -0.25) is 14.9 Å². The van der Waals surface area contributed by atoms with Crippen molar-refractivity contribution in [1.82, 2.24) is 10.6 Å². The number of benzene rings is 1. The maximum atomic E-state index is 11.9. The number of amides is 4. The van der Waals surface area contributed by atoms with Crippen LogP contribution in [0.1, 0.15) is 26.7 Å². The van der Waals surface area contributed by atoms with Crippen LogP contribution >= 0.6 is 0 Å². The molecule has 7 nitrogen and oxygen atoms in total. The van der Waals surface area contributed by atoms with E-state index in [0.717, 1.165) is 18.5 Å². The monoisotopic (exact) mass is 304 g/mol. The Labute approximate surface area is 128 Å². The number of urea groups is 1. The molecule has 0 spiro atoms. The lowest BCUT2D eigenvalue weighted by Crippen LogP contribution is -2.46. The van der Waals surface area contributed by atoms with E-state index in [4.69, 9.17) is 0 Å². The van der Waals surface area contributed by atoms with Crippen LogP contribution in [0.2, 0.25) is 0 Å². The molecule has 1 unspecified atom stereocenters. The van der Waals surface area contributed by atoms with Gasteiger partial charge in [0.2, 0.25) is 11.8 Å².